The van der Waals surface area contributed by atoms with Crippen molar-refractivity contribution in [2.24, 2.45) is 0 Å². The maximum Gasteiger partial charge on any atom is 0.221 e. The standard InChI is InChI=1S/C24H31N3O2/c1-20(28)25-22-7-5-6-21(18-22)10-13-26-14-11-24(12-15-26)19-29-17-16-27(24)23-8-3-2-4-9-23/h2-9,18H,10-17,19H2,1H3,(H,25,28). The first-order valence-corrected chi connectivity index (χ1v) is 10.6. The van der Waals surface area contributed by atoms with Gasteiger partial charge in [0.05, 0.1) is 18.8 Å². The molecule has 0 saturated carbocycles. The van der Waals surface area contributed by atoms with Gasteiger partial charge in [0.2, 0.25) is 5.91 Å². The SMILES string of the molecule is CC(=O)Nc1cccc(CCN2CCC3(CC2)COCCN3c2ccccc2)c1. The van der Waals surface area contributed by atoms with E-state index in [0.29, 0.717) is 0 Å². The first-order valence-electron chi connectivity index (χ1n) is 10.6. The molecule has 2 aromatic rings. The molecule has 29 heavy (non-hydrogen) atoms. The Labute approximate surface area is 173 Å². The zero-order valence-electron chi connectivity index (χ0n) is 17.3. The second-order valence-electron chi connectivity index (χ2n) is 8.24. The average molecular weight is 394 g/mol. The van der Waals surface area contributed by atoms with Gasteiger partial charge in [0, 0.05) is 44.5 Å². The maximum atomic E-state index is 11.3. The van der Waals surface area contributed by atoms with E-state index in [-0.39, 0.29) is 11.4 Å². The van der Waals surface area contributed by atoms with E-state index in [4.69, 9.17) is 4.74 Å². The highest BCUT2D eigenvalue weighted by molar-refractivity contribution is 5.88. The van der Waals surface area contributed by atoms with Gasteiger partial charge in [0.25, 0.3) is 0 Å². The van der Waals surface area contributed by atoms with Crippen LogP contribution in [0, 0.1) is 0 Å². The van der Waals surface area contributed by atoms with Crippen molar-refractivity contribution in [3.63, 3.8) is 0 Å². The molecular weight excluding hydrogens is 362 g/mol. The van der Waals surface area contributed by atoms with Crippen LogP contribution >= 0.6 is 0 Å². The van der Waals surface area contributed by atoms with E-state index in [0.717, 1.165) is 64.3 Å². The molecule has 1 N–H and O–H groups in total. The number of anilines is 2. The van der Waals surface area contributed by atoms with Crippen LogP contribution in [-0.2, 0) is 16.0 Å². The van der Waals surface area contributed by atoms with Crippen molar-refractivity contribution >= 4 is 17.3 Å². The van der Waals surface area contributed by atoms with Crippen molar-refractivity contribution < 1.29 is 9.53 Å². The molecule has 154 valence electrons. The Balaban J connectivity index is 1.35. The van der Waals surface area contributed by atoms with Gasteiger partial charge in [0.1, 0.15) is 0 Å². The number of hydrogen-bond acceptors (Lipinski definition) is 4. The summed E-state index contributed by atoms with van der Waals surface area (Å²) in [5.41, 5.74) is 3.59. The lowest BCUT2D eigenvalue weighted by molar-refractivity contribution is -0.114. The molecule has 2 saturated heterocycles. The normalized spacial score (nSPS) is 19.3. The molecule has 0 aliphatic carbocycles. The third-order valence-electron chi connectivity index (χ3n) is 6.22. The predicted molar refractivity (Wildman–Crippen MR) is 117 cm³/mol. The number of piperidine rings is 1. The van der Waals surface area contributed by atoms with Gasteiger partial charge < -0.3 is 19.9 Å². The molecule has 1 amide bonds. The molecule has 5 nitrogen and oxygen atoms in total. The molecule has 0 unspecified atom stereocenters. The van der Waals surface area contributed by atoms with Crippen LogP contribution in [0.3, 0.4) is 0 Å². The van der Waals surface area contributed by atoms with Crippen molar-refractivity contribution in [1.29, 1.82) is 0 Å². The number of benzene rings is 2. The Hall–Kier alpha value is -2.37. The van der Waals surface area contributed by atoms with Crippen molar-refractivity contribution in [2.45, 2.75) is 31.7 Å². The fourth-order valence-corrected chi connectivity index (χ4v) is 4.65. The van der Waals surface area contributed by atoms with E-state index in [1.54, 1.807) is 6.92 Å². The van der Waals surface area contributed by atoms with E-state index in [1.165, 1.54) is 11.3 Å². The van der Waals surface area contributed by atoms with Crippen molar-refractivity contribution in [1.82, 2.24) is 4.90 Å². The summed E-state index contributed by atoms with van der Waals surface area (Å²) in [5.74, 6) is -0.0267. The Kier molecular flexibility index (Phi) is 6.16. The average Bonchev–Trinajstić information content (AvgIpc) is 2.74. The highest BCUT2D eigenvalue weighted by Gasteiger charge is 2.42. The Morgan fingerprint density at radius 1 is 1.07 bits per heavy atom. The number of likely N-dealkylation sites (tertiary alicyclic amines) is 1. The fraction of sp³-hybridized carbons (Fsp3) is 0.458. The summed E-state index contributed by atoms with van der Waals surface area (Å²) in [7, 11) is 0. The Bertz CT molecular complexity index is 816. The number of para-hydroxylation sites is 1. The Morgan fingerprint density at radius 2 is 1.86 bits per heavy atom. The van der Waals surface area contributed by atoms with E-state index in [1.807, 2.05) is 12.1 Å². The minimum atomic E-state index is -0.0267. The molecule has 2 fully saturated rings. The lowest BCUT2D eigenvalue weighted by Gasteiger charge is -2.52. The smallest absolute Gasteiger partial charge is 0.221 e. The minimum absolute atomic E-state index is 0.0267. The summed E-state index contributed by atoms with van der Waals surface area (Å²) in [6.07, 6.45) is 3.26. The van der Waals surface area contributed by atoms with E-state index in [9.17, 15) is 4.79 Å². The van der Waals surface area contributed by atoms with Gasteiger partial charge in [-0.1, -0.05) is 30.3 Å². The number of carbonyl (C=O) groups is 1. The third-order valence-corrected chi connectivity index (χ3v) is 6.22. The van der Waals surface area contributed by atoms with Crippen LogP contribution in [0.15, 0.2) is 54.6 Å². The first kappa shape index (κ1) is 19.9. The molecule has 2 heterocycles. The van der Waals surface area contributed by atoms with Gasteiger partial charge in [-0.2, -0.15) is 0 Å². The molecule has 0 bridgehead atoms. The second kappa shape index (κ2) is 8.97. The molecule has 2 aliphatic heterocycles. The van der Waals surface area contributed by atoms with Crippen molar-refractivity contribution in [3.8, 4) is 0 Å². The molecule has 5 heteroatoms. The number of nitrogens with one attached hydrogen (secondary N) is 1. The quantitative estimate of drug-likeness (QED) is 0.844. The van der Waals surface area contributed by atoms with Crippen LogP contribution in [0.4, 0.5) is 11.4 Å². The lowest BCUT2D eigenvalue weighted by atomic mass is 9.84. The number of amides is 1. The van der Waals surface area contributed by atoms with Crippen LogP contribution in [0.25, 0.3) is 0 Å². The zero-order valence-corrected chi connectivity index (χ0v) is 17.3. The lowest BCUT2D eigenvalue weighted by Crippen LogP contribution is -2.62. The molecule has 0 aromatic heterocycles. The molecule has 0 radical (unpaired) electrons. The highest BCUT2D eigenvalue weighted by atomic mass is 16.5. The molecule has 0 atom stereocenters. The summed E-state index contributed by atoms with van der Waals surface area (Å²) in [6.45, 7) is 7.39. The van der Waals surface area contributed by atoms with Crippen LogP contribution in [-0.4, -0.2) is 55.7 Å². The molecule has 1 spiro atoms. The number of nitrogens with zero attached hydrogens (tertiary/aromatic N) is 2. The molecule has 4 rings (SSSR count). The van der Waals surface area contributed by atoms with Gasteiger partial charge in [-0.3, -0.25) is 4.79 Å². The zero-order chi connectivity index (χ0) is 20.1. The van der Waals surface area contributed by atoms with E-state index in [2.05, 4.69) is 57.6 Å². The molecule has 2 aromatic carbocycles. The monoisotopic (exact) mass is 393 g/mol. The maximum absolute atomic E-state index is 11.3. The van der Waals surface area contributed by atoms with Crippen LogP contribution in [0.5, 0.6) is 0 Å². The highest BCUT2D eigenvalue weighted by Crippen LogP contribution is 2.35. The summed E-state index contributed by atoms with van der Waals surface area (Å²) < 4.78 is 5.93. The van der Waals surface area contributed by atoms with Crippen molar-refractivity contribution in [3.05, 3.63) is 60.2 Å². The third kappa shape index (κ3) is 4.80. The number of carbonyl (C=O) groups excluding carboxylic acids is 1. The van der Waals surface area contributed by atoms with Gasteiger partial charge in [0.15, 0.2) is 0 Å². The summed E-state index contributed by atoms with van der Waals surface area (Å²) in [4.78, 5) is 16.4. The van der Waals surface area contributed by atoms with E-state index >= 15 is 0 Å². The summed E-state index contributed by atoms with van der Waals surface area (Å²) in [5, 5.41) is 2.87. The fourth-order valence-electron chi connectivity index (χ4n) is 4.65. The van der Waals surface area contributed by atoms with Gasteiger partial charge in [-0.25, -0.2) is 0 Å². The first-order chi connectivity index (χ1) is 14.1. The second-order valence-corrected chi connectivity index (χ2v) is 8.24. The number of hydrogen-bond donors (Lipinski definition) is 1. The predicted octanol–water partition coefficient (Wildman–Crippen LogP) is 3.56. The molecule has 2 aliphatic rings. The van der Waals surface area contributed by atoms with Crippen LogP contribution in [0.2, 0.25) is 0 Å². The van der Waals surface area contributed by atoms with Gasteiger partial charge in [-0.15, -0.1) is 0 Å². The summed E-state index contributed by atoms with van der Waals surface area (Å²) >= 11 is 0. The van der Waals surface area contributed by atoms with E-state index < -0.39 is 0 Å². The van der Waals surface area contributed by atoms with Crippen LogP contribution < -0.4 is 10.2 Å². The number of rotatable bonds is 5. The molecular formula is C24H31N3O2. The van der Waals surface area contributed by atoms with Crippen molar-refractivity contribution in [2.75, 3.05) is 49.6 Å². The number of ether oxygens (including phenoxy) is 1. The Morgan fingerprint density at radius 3 is 2.62 bits per heavy atom. The van der Waals surface area contributed by atoms with Crippen LogP contribution in [0.1, 0.15) is 25.3 Å². The van der Waals surface area contributed by atoms with Gasteiger partial charge in [-0.05, 0) is 49.1 Å². The minimum Gasteiger partial charge on any atom is -0.377 e. The topological polar surface area (TPSA) is 44.8 Å². The number of morpholine rings is 1. The van der Waals surface area contributed by atoms with Gasteiger partial charge >= 0.3 is 0 Å². The summed E-state index contributed by atoms with van der Waals surface area (Å²) in [6, 6.07) is 19.0. The largest absolute Gasteiger partial charge is 0.377 e.